The van der Waals surface area contributed by atoms with E-state index in [1.54, 1.807) is 11.2 Å². The number of aromatic nitrogens is 2. The van der Waals surface area contributed by atoms with Crippen molar-refractivity contribution in [1.29, 1.82) is 0 Å². The Morgan fingerprint density at radius 3 is 2.70 bits per heavy atom. The molecule has 20 heavy (non-hydrogen) atoms. The van der Waals surface area contributed by atoms with Crippen molar-refractivity contribution in [2.45, 2.75) is 0 Å². The molecule has 1 aliphatic heterocycles. The lowest BCUT2D eigenvalue weighted by Crippen LogP contribution is -2.46. The van der Waals surface area contributed by atoms with Crippen molar-refractivity contribution in [3.63, 3.8) is 0 Å². The molecule has 0 aliphatic carbocycles. The zero-order valence-corrected chi connectivity index (χ0v) is 12.1. The fourth-order valence-electron chi connectivity index (χ4n) is 2.08. The SMILES string of the molecule is CN(C)CCNc1cc(N2CCN(C=O)CC2)ncn1. The largest absolute Gasteiger partial charge is 0.369 e. The molecule has 0 aromatic carbocycles. The van der Waals surface area contributed by atoms with Gasteiger partial charge in [0.05, 0.1) is 0 Å². The summed E-state index contributed by atoms with van der Waals surface area (Å²) in [6.07, 6.45) is 2.49. The second-order valence-electron chi connectivity index (χ2n) is 5.12. The third kappa shape index (κ3) is 4.06. The van der Waals surface area contributed by atoms with E-state index in [0.717, 1.165) is 57.3 Å². The molecule has 7 nitrogen and oxygen atoms in total. The van der Waals surface area contributed by atoms with E-state index in [1.807, 2.05) is 20.2 Å². The molecular formula is C13H22N6O. The van der Waals surface area contributed by atoms with Gasteiger partial charge in [-0.15, -0.1) is 0 Å². The van der Waals surface area contributed by atoms with Crippen LogP contribution in [0, 0.1) is 0 Å². The number of likely N-dealkylation sites (N-methyl/N-ethyl adjacent to an activating group) is 1. The Balaban J connectivity index is 1.90. The van der Waals surface area contributed by atoms with Crippen molar-refractivity contribution in [3.8, 4) is 0 Å². The molecule has 1 saturated heterocycles. The molecule has 0 atom stereocenters. The van der Waals surface area contributed by atoms with E-state index < -0.39 is 0 Å². The summed E-state index contributed by atoms with van der Waals surface area (Å²) in [5, 5.41) is 3.29. The van der Waals surface area contributed by atoms with Crippen LogP contribution in [0.3, 0.4) is 0 Å². The third-order valence-corrected chi connectivity index (χ3v) is 3.31. The molecule has 0 saturated carbocycles. The van der Waals surface area contributed by atoms with E-state index >= 15 is 0 Å². The number of piperazine rings is 1. The molecule has 0 bridgehead atoms. The second-order valence-corrected chi connectivity index (χ2v) is 5.12. The molecule has 110 valence electrons. The first-order valence-electron chi connectivity index (χ1n) is 6.84. The molecule has 7 heteroatoms. The van der Waals surface area contributed by atoms with Crippen LogP contribution in [0.5, 0.6) is 0 Å². The summed E-state index contributed by atoms with van der Waals surface area (Å²) in [7, 11) is 4.08. The quantitative estimate of drug-likeness (QED) is 0.723. The van der Waals surface area contributed by atoms with Gasteiger partial charge in [-0.05, 0) is 14.1 Å². The minimum Gasteiger partial charge on any atom is -0.369 e. The molecule has 1 aromatic rings. The molecule has 0 spiro atoms. The van der Waals surface area contributed by atoms with Crippen LogP contribution in [0.15, 0.2) is 12.4 Å². The van der Waals surface area contributed by atoms with Gasteiger partial charge in [0, 0.05) is 45.3 Å². The number of amides is 1. The minimum absolute atomic E-state index is 0.747. The van der Waals surface area contributed by atoms with Gasteiger partial charge < -0.3 is 20.0 Å². The molecule has 0 unspecified atom stereocenters. The monoisotopic (exact) mass is 278 g/mol. The first-order valence-corrected chi connectivity index (χ1v) is 6.84. The van der Waals surface area contributed by atoms with Gasteiger partial charge >= 0.3 is 0 Å². The number of nitrogens with zero attached hydrogens (tertiary/aromatic N) is 5. The Morgan fingerprint density at radius 1 is 1.30 bits per heavy atom. The summed E-state index contributed by atoms with van der Waals surface area (Å²) in [6, 6.07) is 1.96. The molecule has 0 radical (unpaired) electrons. The lowest BCUT2D eigenvalue weighted by molar-refractivity contribution is -0.118. The molecule has 2 heterocycles. The maximum atomic E-state index is 10.7. The van der Waals surface area contributed by atoms with Crippen LogP contribution in [0.25, 0.3) is 0 Å². The Labute approximate surface area is 119 Å². The summed E-state index contributed by atoms with van der Waals surface area (Å²) >= 11 is 0. The normalized spacial score (nSPS) is 15.6. The van der Waals surface area contributed by atoms with Crippen molar-refractivity contribution >= 4 is 18.0 Å². The Bertz CT molecular complexity index is 431. The number of hydrogen-bond acceptors (Lipinski definition) is 6. The van der Waals surface area contributed by atoms with Crippen molar-refractivity contribution < 1.29 is 4.79 Å². The van der Waals surface area contributed by atoms with Crippen LogP contribution in [0.2, 0.25) is 0 Å². The van der Waals surface area contributed by atoms with E-state index in [1.165, 1.54) is 0 Å². The Hall–Kier alpha value is -1.89. The molecule has 1 fully saturated rings. The van der Waals surface area contributed by atoms with Crippen molar-refractivity contribution in [1.82, 2.24) is 19.8 Å². The van der Waals surface area contributed by atoms with Gasteiger partial charge in [0.1, 0.15) is 18.0 Å². The van der Waals surface area contributed by atoms with E-state index in [4.69, 9.17) is 0 Å². The fourth-order valence-corrected chi connectivity index (χ4v) is 2.08. The Kier molecular flexibility index (Phi) is 5.11. The van der Waals surface area contributed by atoms with Gasteiger partial charge in [-0.1, -0.05) is 0 Å². The van der Waals surface area contributed by atoms with E-state index in [0.29, 0.717) is 0 Å². The van der Waals surface area contributed by atoms with Crippen LogP contribution >= 0.6 is 0 Å². The average molecular weight is 278 g/mol. The van der Waals surface area contributed by atoms with Crippen LogP contribution < -0.4 is 10.2 Å². The summed E-state index contributed by atoms with van der Waals surface area (Å²) < 4.78 is 0. The number of carbonyl (C=O) groups is 1. The van der Waals surface area contributed by atoms with Gasteiger partial charge in [-0.3, -0.25) is 4.79 Å². The van der Waals surface area contributed by atoms with Crippen LogP contribution in [0.1, 0.15) is 0 Å². The number of anilines is 2. The summed E-state index contributed by atoms with van der Waals surface area (Å²) in [5.41, 5.74) is 0. The lowest BCUT2D eigenvalue weighted by Gasteiger charge is -2.33. The first kappa shape index (κ1) is 14.5. The Morgan fingerprint density at radius 2 is 2.05 bits per heavy atom. The van der Waals surface area contributed by atoms with E-state index in [-0.39, 0.29) is 0 Å². The van der Waals surface area contributed by atoms with Crippen LogP contribution in [0.4, 0.5) is 11.6 Å². The minimum atomic E-state index is 0.747. The van der Waals surface area contributed by atoms with E-state index in [2.05, 4.69) is 25.1 Å². The lowest BCUT2D eigenvalue weighted by atomic mass is 10.3. The van der Waals surface area contributed by atoms with E-state index in [9.17, 15) is 4.79 Å². The van der Waals surface area contributed by atoms with Crippen molar-refractivity contribution in [2.24, 2.45) is 0 Å². The second kappa shape index (κ2) is 7.04. The molecular weight excluding hydrogens is 256 g/mol. The summed E-state index contributed by atoms with van der Waals surface area (Å²) in [4.78, 5) is 25.3. The molecule has 1 aromatic heterocycles. The van der Waals surface area contributed by atoms with Gasteiger partial charge in [0.25, 0.3) is 0 Å². The molecule has 2 rings (SSSR count). The van der Waals surface area contributed by atoms with Crippen LogP contribution in [-0.4, -0.2) is 79.5 Å². The van der Waals surface area contributed by atoms with Crippen molar-refractivity contribution in [3.05, 3.63) is 12.4 Å². The highest BCUT2D eigenvalue weighted by atomic mass is 16.1. The molecule has 1 amide bonds. The van der Waals surface area contributed by atoms with Gasteiger partial charge in [0.2, 0.25) is 6.41 Å². The van der Waals surface area contributed by atoms with Gasteiger partial charge in [-0.25, -0.2) is 9.97 Å². The van der Waals surface area contributed by atoms with Crippen LogP contribution in [-0.2, 0) is 4.79 Å². The predicted molar refractivity (Wildman–Crippen MR) is 78.9 cm³/mol. The molecule has 1 N–H and O–H groups in total. The number of rotatable bonds is 6. The fraction of sp³-hybridized carbons (Fsp3) is 0.615. The highest BCUT2D eigenvalue weighted by Crippen LogP contribution is 2.15. The maximum Gasteiger partial charge on any atom is 0.209 e. The van der Waals surface area contributed by atoms with Gasteiger partial charge in [-0.2, -0.15) is 0 Å². The summed E-state index contributed by atoms with van der Waals surface area (Å²) in [5.74, 6) is 1.76. The highest BCUT2D eigenvalue weighted by molar-refractivity contribution is 5.51. The number of hydrogen-bond donors (Lipinski definition) is 1. The smallest absolute Gasteiger partial charge is 0.209 e. The van der Waals surface area contributed by atoms with Gasteiger partial charge in [0.15, 0.2) is 0 Å². The highest BCUT2D eigenvalue weighted by Gasteiger charge is 2.16. The summed E-state index contributed by atoms with van der Waals surface area (Å²) in [6.45, 7) is 4.92. The standard InChI is InChI=1S/C13H22N6O/c1-17(2)4-3-14-12-9-13(16-10-15-12)19-7-5-18(11-20)6-8-19/h9-11H,3-8H2,1-2H3,(H,14,15,16). The zero-order chi connectivity index (χ0) is 14.4. The third-order valence-electron chi connectivity index (χ3n) is 3.31. The topological polar surface area (TPSA) is 64.6 Å². The molecule has 1 aliphatic rings. The zero-order valence-electron chi connectivity index (χ0n) is 12.1. The first-order chi connectivity index (χ1) is 9.69. The predicted octanol–water partition coefficient (Wildman–Crippen LogP) is -0.271. The number of carbonyl (C=O) groups excluding carboxylic acids is 1. The average Bonchev–Trinajstić information content (AvgIpc) is 2.47. The van der Waals surface area contributed by atoms with Crippen molar-refractivity contribution in [2.75, 3.05) is 63.6 Å². The number of nitrogens with one attached hydrogen (secondary N) is 1. The maximum absolute atomic E-state index is 10.7.